The molecule has 0 bridgehead atoms. The van der Waals surface area contributed by atoms with Crippen LogP contribution >= 0.6 is 11.6 Å². The Kier molecular flexibility index (Phi) is 5.29. The molecular formula is C16H15ClF2N6O. The first kappa shape index (κ1) is 18.0. The highest BCUT2D eigenvalue weighted by molar-refractivity contribution is 6.32. The average molecular weight is 381 g/mol. The van der Waals surface area contributed by atoms with Crippen molar-refractivity contribution in [2.45, 2.75) is 6.04 Å². The summed E-state index contributed by atoms with van der Waals surface area (Å²) >= 11 is 6.09. The molecule has 3 rings (SSSR count). The fraction of sp³-hybridized carbons (Fsp3) is 0.188. The molecule has 0 saturated heterocycles. The Labute approximate surface area is 152 Å². The van der Waals surface area contributed by atoms with Crippen molar-refractivity contribution in [2.24, 2.45) is 7.05 Å². The number of hydrogen-bond acceptors (Lipinski definition) is 6. The van der Waals surface area contributed by atoms with E-state index in [0.717, 1.165) is 18.2 Å². The number of nitrogens with one attached hydrogen (secondary N) is 2. The molecule has 3 N–H and O–H groups in total. The van der Waals surface area contributed by atoms with E-state index < -0.39 is 24.3 Å². The summed E-state index contributed by atoms with van der Waals surface area (Å²) in [6, 6.07) is 2.20. The Balaban J connectivity index is 1.84. The van der Waals surface area contributed by atoms with Crippen molar-refractivity contribution in [1.29, 1.82) is 0 Å². The molecule has 136 valence electrons. The minimum atomic E-state index is -0.807. The number of halogens is 3. The number of aromatic nitrogens is 4. The highest BCUT2D eigenvalue weighted by Gasteiger charge is 2.16. The highest BCUT2D eigenvalue weighted by atomic mass is 35.5. The maximum absolute atomic E-state index is 13.4. The van der Waals surface area contributed by atoms with Gasteiger partial charge in [0.15, 0.2) is 5.82 Å². The molecule has 1 atom stereocenters. The molecule has 26 heavy (non-hydrogen) atoms. The maximum atomic E-state index is 13.4. The summed E-state index contributed by atoms with van der Waals surface area (Å²) in [6.45, 7) is -0.422. The summed E-state index contributed by atoms with van der Waals surface area (Å²) in [5.41, 5.74) is 0.896. The molecule has 0 unspecified atom stereocenters. The molecule has 10 heteroatoms. The zero-order chi connectivity index (χ0) is 18.7. The fourth-order valence-corrected chi connectivity index (χ4v) is 2.46. The van der Waals surface area contributed by atoms with Crippen molar-refractivity contribution in [3.63, 3.8) is 0 Å². The third-order valence-corrected chi connectivity index (χ3v) is 3.76. The van der Waals surface area contributed by atoms with Crippen molar-refractivity contribution in [2.75, 3.05) is 17.2 Å². The molecule has 0 aliphatic heterocycles. The van der Waals surface area contributed by atoms with Crippen molar-refractivity contribution in [3.8, 4) is 0 Å². The Hall–Kier alpha value is -2.78. The van der Waals surface area contributed by atoms with Gasteiger partial charge in [0.1, 0.15) is 16.7 Å². The van der Waals surface area contributed by atoms with Crippen LogP contribution in [-0.2, 0) is 7.05 Å². The minimum absolute atomic E-state index is 0.192. The zero-order valence-electron chi connectivity index (χ0n) is 13.6. The predicted octanol–water partition coefficient (Wildman–Crippen LogP) is 3.03. The lowest BCUT2D eigenvalue weighted by atomic mass is 10.1. The highest BCUT2D eigenvalue weighted by Crippen LogP contribution is 2.26. The van der Waals surface area contributed by atoms with Gasteiger partial charge in [0.2, 0.25) is 5.95 Å². The topological polar surface area (TPSA) is 87.9 Å². The van der Waals surface area contributed by atoms with Crippen LogP contribution in [0.2, 0.25) is 5.02 Å². The van der Waals surface area contributed by atoms with E-state index in [9.17, 15) is 13.9 Å². The van der Waals surface area contributed by atoms with Gasteiger partial charge in [-0.25, -0.2) is 13.8 Å². The lowest BCUT2D eigenvalue weighted by Crippen LogP contribution is -2.17. The van der Waals surface area contributed by atoms with Gasteiger partial charge in [-0.3, -0.25) is 4.68 Å². The SMILES string of the molecule is Cn1cc(Nc2ncc(Cl)c(N[C@H](CO)c3cc(F)cc(F)c3)n2)cn1. The van der Waals surface area contributed by atoms with Gasteiger partial charge in [0.25, 0.3) is 0 Å². The number of aliphatic hydroxyl groups is 1. The maximum Gasteiger partial charge on any atom is 0.229 e. The molecule has 0 aliphatic rings. The summed E-state index contributed by atoms with van der Waals surface area (Å²) in [7, 11) is 1.77. The molecule has 2 heterocycles. The largest absolute Gasteiger partial charge is 0.394 e. The minimum Gasteiger partial charge on any atom is -0.394 e. The van der Waals surface area contributed by atoms with Crippen LogP contribution in [0.1, 0.15) is 11.6 Å². The van der Waals surface area contributed by atoms with Crippen LogP contribution in [0.4, 0.5) is 26.2 Å². The quantitative estimate of drug-likeness (QED) is 0.609. The summed E-state index contributed by atoms with van der Waals surface area (Å²) in [5.74, 6) is -1.04. The third-order valence-electron chi connectivity index (χ3n) is 3.49. The van der Waals surface area contributed by atoms with Crippen LogP contribution in [0, 0.1) is 11.6 Å². The predicted molar refractivity (Wildman–Crippen MR) is 93.3 cm³/mol. The number of nitrogens with zero attached hydrogens (tertiary/aromatic N) is 4. The van der Waals surface area contributed by atoms with Crippen LogP contribution in [-0.4, -0.2) is 31.5 Å². The third kappa shape index (κ3) is 4.24. The van der Waals surface area contributed by atoms with Gasteiger partial charge < -0.3 is 15.7 Å². The van der Waals surface area contributed by atoms with Crippen molar-refractivity contribution >= 4 is 29.1 Å². The Morgan fingerprint density at radius 1 is 1.23 bits per heavy atom. The second-order valence-electron chi connectivity index (χ2n) is 5.50. The van der Waals surface area contributed by atoms with Gasteiger partial charge in [0, 0.05) is 19.3 Å². The normalized spacial score (nSPS) is 12.0. The van der Waals surface area contributed by atoms with Gasteiger partial charge in [-0.15, -0.1) is 0 Å². The van der Waals surface area contributed by atoms with Crippen LogP contribution in [0.25, 0.3) is 0 Å². The zero-order valence-corrected chi connectivity index (χ0v) is 14.4. The van der Waals surface area contributed by atoms with Crippen LogP contribution in [0.3, 0.4) is 0 Å². The van der Waals surface area contributed by atoms with Crippen molar-refractivity contribution in [3.05, 3.63) is 59.0 Å². The van der Waals surface area contributed by atoms with Gasteiger partial charge >= 0.3 is 0 Å². The molecule has 0 saturated carbocycles. The first-order valence-corrected chi connectivity index (χ1v) is 7.94. The number of aliphatic hydroxyl groups excluding tert-OH is 1. The molecule has 0 spiro atoms. The summed E-state index contributed by atoms with van der Waals surface area (Å²) in [5, 5.41) is 19.6. The molecule has 1 aromatic carbocycles. The number of rotatable bonds is 6. The van der Waals surface area contributed by atoms with Gasteiger partial charge in [-0.2, -0.15) is 10.1 Å². The smallest absolute Gasteiger partial charge is 0.229 e. The molecular weight excluding hydrogens is 366 g/mol. The van der Waals surface area contributed by atoms with E-state index in [-0.39, 0.29) is 22.4 Å². The summed E-state index contributed by atoms with van der Waals surface area (Å²) in [4.78, 5) is 8.30. The first-order valence-electron chi connectivity index (χ1n) is 7.56. The van der Waals surface area contributed by atoms with Crippen LogP contribution in [0.15, 0.2) is 36.8 Å². The standard InChI is InChI=1S/C16H15ClF2N6O/c1-25-7-12(5-21-25)22-16-20-6-13(17)15(24-16)23-14(8-26)9-2-10(18)4-11(19)3-9/h2-7,14,26H,8H2,1H3,(H2,20,22,23,24)/t14-/m1/s1. The van der Waals surface area contributed by atoms with E-state index in [1.807, 2.05) is 0 Å². The second-order valence-corrected chi connectivity index (χ2v) is 5.91. The van der Waals surface area contributed by atoms with Gasteiger partial charge in [-0.1, -0.05) is 11.6 Å². The summed E-state index contributed by atoms with van der Waals surface area (Å²) in [6.07, 6.45) is 4.70. The van der Waals surface area contributed by atoms with Crippen molar-refractivity contribution in [1.82, 2.24) is 19.7 Å². The van der Waals surface area contributed by atoms with E-state index in [0.29, 0.717) is 5.69 Å². The first-order chi connectivity index (χ1) is 12.4. The molecule has 3 aromatic rings. The average Bonchev–Trinajstić information content (AvgIpc) is 2.99. The lowest BCUT2D eigenvalue weighted by Gasteiger charge is -2.18. The molecule has 0 aliphatic carbocycles. The molecule has 2 aromatic heterocycles. The van der Waals surface area contributed by atoms with Crippen molar-refractivity contribution < 1.29 is 13.9 Å². The molecule has 0 radical (unpaired) electrons. The van der Waals surface area contributed by atoms with E-state index in [1.54, 1.807) is 24.1 Å². The second kappa shape index (κ2) is 7.63. The van der Waals surface area contributed by atoms with Crippen LogP contribution in [0.5, 0.6) is 0 Å². The van der Waals surface area contributed by atoms with E-state index in [4.69, 9.17) is 11.6 Å². The van der Waals surface area contributed by atoms with E-state index in [1.165, 1.54) is 6.20 Å². The number of benzene rings is 1. The van der Waals surface area contributed by atoms with Crippen LogP contribution < -0.4 is 10.6 Å². The Morgan fingerprint density at radius 2 is 1.96 bits per heavy atom. The number of aryl methyl sites for hydroxylation is 1. The van der Waals surface area contributed by atoms with Gasteiger partial charge in [-0.05, 0) is 17.7 Å². The lowest BCUT2D eigenvalue weighted by molar-refractivity contribution is 0.275. The Bertz CT molecular complexity index is 899. The van der Waals surface area contributed by atoms with E-state index >= 15 is 0 Å². The van der Waals surface area contributed by atoms with Gasteiger partial charge in [0.05, 0.1) is 30.7 Å². The molecule has 0 fully saturated rings. The van der Waals surface area contributed by atoms with E-state index in [2.05, 4.69) is 25.7 Å². The molecule has 7 nitrogen and oxygen atoms in total. The number of hydrogen-bond donors (Lipinski definition) is 3. The molecule has 0 amide bonds. The number of anilines is 3. The monoisotopic (exact) mass is 380 g/mol. The summed E-state index contributed by atoms with van der Waals surface area (Å²) < 4.78 is 28.5. The Morgan fingerprint density at radius 3 is 2.58 bits per heavy atom. The fourth-order valence-electron chi connectivity index (χ4n) is 2.32.